The Morgan fingerprint density at radius 3 is 2.69 bits per heavy atom. The quantitative estimate of drug-likeness (QED) is 0.618. The summed E-state index contributed by atoms with van der Waals surface area (Å²) in [4.78, 5) is 13.2. The van der Waals surface area contributed by atoms with Crippen LogP contribution >= 0.6 is 11.3 Å². The van der Waals surface area contributed by atoms with Crippen molar-refractivity contribution in [1.82, 2.24) is 0 Å². The van der Waals surface area contributed by atoms with Gasteiger partial charge in [0.25, 0.3) is 0 Å². The number of ether oxygens (including phenoxy) is 3. The van der Waals surface area contributed by atoms with Gasteiger partial charge in [-0.15, -0.1) is 0 Å². The first kappa shape index (κ1) is 20.4. The summed E-state index contributed by atoms with van der Waals surface area (Å²) >= 11 is 1.14. The fourth-order valence-electron chi connectivity index (χ4n) is 4.55. The molecule has 0 spiro atoms. The van der Waals surface area contributed by atoms with Crippen molar-refractivity contribution in [2.24, 2.45) is 5.73 Å². The number of nitriles is 1. The van der Waals surface area contributed by atoms with Gasteiger partial charge >= 0.3 is 0 Å². The molecule has 0 unspecified atom stereocenters. The van der Waals surface area contributed by atoms with E-state index < -0.39 is 5.92 Å². The van der Waals surface area contributed by atoms with Crippen LogP contribution in [0.5, 0.6) is 17.2 Å². The Hall–Kier alpha value is -3.50. The Morgan fingerprint density at radius 2 is 1.94 bits per heavy atom. The molecule has 32 heavy (non-hydrogen) atoms. The highest BCUT2D eigenvalue weighted by Gasteiger charge is 2.35. The molecule has 2 aliphatic rings. The lowest BCUT2D eigenvalue weighted by Gasteiger charge is -2.27. The van der Waals surface area contributed by atoms with Crippen LogP contribution in [0.25, 0.3) is 10.1 Å². The van der Waals surface area contributed by atoms with Crippen LogP contribution in [0.1, 0.15) is 42.7 Å². The minimum atomic E-state index is -0.647. The van der Waals surface area contributed by atoms with E-state index in [9.17, 15) is 10.1 Å². The van der Waals surface area contributed by atoms with Crippen LogP contribution in [0.3, 0.4) is 0 Å². The van der Waals surface area contributed by atoms with Crippen molar-refractivity contribution >= 4 is 21.4 Å². The zero-order valence-electron chi connectivity index (χ0n) is 17.6. The highest BCUT2D eigenvalue weighted by molar-refractivity contribution is 7.16. The molecular weight excluding hydrogens is 424 g/mol. The van der Waals surface area contributed by atoms with E-state index in [1.807, 2.05) is 42.5 Å². The Kier molecular flexibility index (Phi) is 5.24. The van der Waals surface area contributed by atoms with Gasteiger partial charge in [0.15, 0.2) is 11.5 Å². The summed E-state index contributed by atoms with van der Waals surface area (Å²) in [6, 6.07) is 15.2. The molecule has 1 aromatic heterocycles. The van der Waals surface area contributed by atoms with Crippen molar-refractivity contribution in [3.8, 4) is 23.3 Å². The second kappa shape index (κ2) is 8.21. The molecule has 0 bridgehead atoms. The first-order chi connectivity index (χ1) is 15.6. The summed E-state index contributed by atoms with van der Waals surface area (Å²) in [5.41, 5.74) is 7.52. The SMILES string of the molecule is COc1cc([C@@H]2C(C#N)=C(N)Oc3c2c(=O)sc2ccccc32)ccc1OC1CCCC1. The van der Waals surface area contributed by atoms with E-state index in [1.54, 1.807) is 7.11 Å². The maximum Gasteiger partial charge on any atom is 0.240 e. The topological polar surface area (TPSA) is 94.6 Å². The molecule has 0 radical (unpaired) electrons. The summed E-state index contributed by atoms with van der Waals surface area (Å²) in [6.45, 7) is 0. The Balaban J connectivity index is 1.66. The fourth-order valence-corrected chi connectivity index (χ4v) is 5.48. The van der Waals surface area contributed by atoms with Crippen molar-refractivity contribution < 1.29 is 14.2 Å². The summed E-state index contributed by atoms with van der Waals surface area (Å²) in [7, 11) is 1.59. The average Bonchev–Trinajstić information content (AvgIpc) is 3.32. The number of fused-ring (bicyclic) bond motifs is 3. The van der Waals surface area contributed by atoms with E-state index in [2.05, 4.69) is 6.07 Å². The first-order valence-electron chi connectivity index (χ1n) is 10.6. The van der Waals surface area contributed by atoms with Crippen molar-refractivity contribution in [3.63, 3.8) is 0 Å². The van der Waals surface area contributed by atoms with Gasteiger partial charge < -0.3 is 19.9 Å². The lowest BCUT2D eigenvalue weighted by atomic mass is 9.84. The molecule has 7 heteroatoms. The molecule has 1 aliphatic carbocycles. The maximum atomic E-state index is 13.2. The van der Waals surface area contributed by atoms with Gasteiger partial charge in [-0.1, -0.05) is 29.5 Å². The third kappa shape index (κ3) is 3.37. The van der Waals surface area contributed by atoms with Crippen molar-refractivity contribution in [2.45, 2.75) is 37.7 Å². The third-order valence-electron chi connectivity index (χ3n) is 6.09. The number of hydrogen-bond donors (Lipinski definition) is 1. The minimum absolute atomic E-state index is 0.0102. The van der Waals surface area contributed by atoms with E-state index >= 15 is 0 Å². The van der Waals surface area contributed by atoms with Crippen LogP contribution < -0.4 is 24.7 Å². The number of rotatable bonds is 4. The predicted molar refractivity (Wildman–Crippen MR) is 123 cm³/mol. The summed E-state index contributed by atoms with van der Waals surface area (Å²) in [5, 5.41) is 10.7. The van der Waals surface area contributed by atoms with Gasteiger partial charge in [0.2, 0.25) is 10.6 Å². The monoisotopic (exact) mass is 446 g/mol. The lowest BCUT2D eigenvalue weighted by Crippen LogP contribution is -2.25. The van der Waals surface area contributed by atoms with Crippen LogP contribution in [0.15, 0.2) is 58.7 Å². The van der Waals surface area contributed by atoms with Gasteiger partial charge in [-0.05, 0) is 55.5 Å². The van der Waals surface area contributed by atoms with Crippen LogP contribution in [-0.2, 0) is 0 Å². The van der Waals surface area contributed by atoms with Gasteiger partial charge in [0.1, 0.15) is 17.4 Å². The molecule has 5 rings (SSSR count). The summed E-state index contributed by atoms with van der Waals surface area (Å²) in [6.07, 6.45) is 4.58. The van der Waals surface area contributed by atoms with Crippen LogP contribution in [0, 0.1) is 11.3 Å². The number of methoxy groups -OCH3 is 1. The lowest BCUT2D eigenvalue weighted by molar-refractivity contribution is 0.200. The smallest absolute Gasteiger partial charge is 0.240 e. The molecule has 3 aromatic rings. The zero-order valence-corrected chi connectivity index (χ0v) is 18.4. The second-order valence-corrected chi connectivity index (χ2v) is 9.00. The highest BCUT2D eigenvalue weighted by atomic mass is 32.1. The predicted octanol–water partition coefficient (Wildman–Crippen LogP) is 4.81. The molecule has 2 heterocycles. The maximum absolute atomic E-state index is 13.2. The normalized spacial score (nSPS) is 18.2. The van der Waals surface area contributed by atoms with E-state index in [0.717, 1.165) is 39.8 Å². The van der Waals surface area contributed by atoms with E-state index in [-0.39, 0.29) is 22.3 Å². The number of hydrogen-bond acceptors (Lipinski definition) is 7. The molecular formula is C25H22N2O4S. The third-order valence-corrected chi connectivity index (χ3v) is 7.07. The number of nitrogens with zero attached hydrogens (tertiary/aromatic N) is 1. The van der Waals surface area contributed by atoms with Gasteiger partial charge in [-0.25, -0.2) is 0 Å². The molecule has 1 aliphatic heterocycles. The van der Waals surface area contributed by atoms with Crippen LogP contribution in [-0.4, -0.2) is 13.2 Å². The molecule has 6 nitrogen and oxygen atoms in total. The Morgan fingerprint density at radius 1 is 1.16 bits per heavy atom. The zero-order chi connectivity index (χ0) is 22.2. The highest BCUT2D eigenvalue weighted by Crippen LogP contribution is 2.46. The van der Waals surface area contributed by atoms with Gasteiger partial charge in [-0.3, -0.25) is 4.79 Å². The fraction of sp³-hybridized carbons (Fsp3) is 0.280. The van der Waals surface area contributed by atoms with Crippen LogP contribution in [0.4, 0.5) is 0 Å². The molecule has 0 amide bonds. The van der Waals surface area contributed by atoms with Gasteiger partial charge in [0.05, 0.1) is 24.7 Å². The largest absolute Gasteiger partial charge is 0.493 e. The van der Waals surface area contributed by atoms with Crippen molar-refractivity contribution in [2.75, 3.05) is 7.11 Å². The molecule has 0 saturated heterocycles. The number of benzene rings is 2. The average molecular weight is 447 g/mol. The van der Waals surface area contributed by atoms with Crippen LogP contribution in [0.2, 0.25) is 0 Å². The first-order valence-corrected chi connectivity index (χ1v) is 11.4. The van der Waals surface area contributed by atoms with E-state index in [1.165, 1.54) is 12.8 Å². The summed E-state index contributed by atoms with van der Waals surface area (Å²) in [5.74, 6) is 1.00. The molecule has 1 fully saturated rings. The summed E-state index contributed by atoms with van der Waals surface area (Å²) < 4.78 is 18.2. The standard InChI is InChI=1S/C25H22N2O4S/c1-29-19-12-14(10-11-18(19)30-15-6-2-3-7-15)21-17(13-26)24(27)31-23-16-8-4-5-9-20(16)32-25(28)22(21)23/h4-5,8-12,15,21H,2-3,6-7,27H2,1H3/t21-/m1/s1. The van der Waals surface area contributed by atoms with Crippen molar-refractivity contribution in [3.05, 3.63) is 74.6 Å². The molecule has 2 N–H and O–H groups in total. The second-order valence-electron chi connectivity index (χ2n) is 7.99. The Labute approximate surface area is 189 Å². The van der Waals surface area contributed by atoms with E-state index in [4.69, 9.17) is 19.9 Å². The minimum Gasteiger partial charge on any atom is -0.493 e. The number of nitrogens with two attached hydrogens (primary N) is 1. The molecule has 2 aromatic carbocycles. The molecule has 1 saturated carbocycles. The van der Waals surface area contributed by atoms with Crippen molar-refractivity contribution in [1.29, 1.82) is 5.26 Å². The van der Waals surface area contributed by atoms with Gasteiger partial charge in [0, 0.05) is 10.1 Å². The van der Waals surface area contributed by atoms with Gasteiger partial charge in [-0.2, -0.15) is 5.26 Å². The number of allylic oxidation sites excluding steroid dienone is 1. The molecule has 1 atom stereocenters. The van der Waals surface area contributed by atoms with E-state index in [0.29, 0.717) is 22.8 Å². The molecule has 162 valence electrons. The Bertz CT molecular complexity index is 1330.